The number of hydrogen-bond donors (Lipinski definition) is 0. The summed E-state index contributed by atoms with van der Waals surface area (Å²) in [6.45, 7) is 0.317. The first-order chi connectivity index (χ1) is 8.88. The Kier molecular flexibility index (Phi) is 4.15. The number of rotatable bonds is 3. The SMILES string of the molecule is COc1ccc(C#CCOc2ccccc2)nn1. The fourth-order valence-corrected chi connectivity index (χ4v) is 1.26. The van der Waals surface area contributed by atoms with Gasteiger partial charge in [0, 0.05) is 6.07 Å². The zero-order valence-electron chi connectivity index (χ0n) is 9.96. The van der Waals surface area contributed by atoms with Gasteiger partial charge in [-0.05, 0) is 24.1 Å². The van der Waals surface area contributed by atoms with Gasteiger partial charge >= 0.3 is 0 Å². The van der Waals surface area contributed by atoms with Gasteiger partial charge in [-0.1, -0.05) is 24.1 Å². The molecule has 0 saturated heterocycles. The molecule has 0 radical (unpaired) electrons. The summed E-state index contributed by atoms with van der Waals surface area (Å²) in [6, 6.07) is 13.0. The van der Waals surface area contributed by atoms with Crippen molar-refractivity contribution in [1.29, 1.82) is 0 Å². The lowest BCUT2D eigenvalue weighted by molar-refractivity contribution is 0.370. The molecule has 0 aliphatic rings. The first kappa shape index (κ1) is 11.9. The molecule has 1 heterocycles. The highest BCUT2D eigenvalue weighted by Crippen LogP contribution is 2.07. The molecule has 0 aliphatic heterocycles. The Morgan fingerprint density at radius 3 is 2.56 bits per heavy atom. The summed E-state index contributed by atoms with van der Waals surface area (Å²) in [6.07, 6.45) is 0. The van der Waals surface area contributed by atoms with E-state index in [0.29, 0.717) is 18.2 Å². The van der Waals surface area contributed by atoms with Gasteiger partial charge in [-0.25, -0.2) is 0 Å². The van der Waals surface area contributed by atoms with Gasteiger partial charge in [0.15, 0.2) is 0 Å². The fraction of sp³-hybridized carbons (Fsp3) is 0.143. The Balaban J connectivity index is 1.88. The van der Waals surface area contributed by atoms with E-state index in [1.807, 2.05) is 30.3 Å². The van der Waals surface area contributed by atoms with Crippen molar-refractivity contribution in [2.75, 3.05) is 13.7 Å². The van der Waals surface area contributed by atoms with E-state index in [9.17, 15) is 0 Å². The summed E-state index contributed by atoms with van der Waals surface area (Å²) in [7, 11) is 1.54. The quantitative estimate of drug-likeness (QED) is 0.769. The Morgan fingerprint density at radius 1 is 1.06 bits per heavy atom. The van der Waals surface area contributed by atoms with Crippen molar-refractivity contribution in [3.05, 3.63) is 48.2 Å². The highest BCUT2D eigenvalue weighted by molar-refractivity contribution is 5.28. The van der Waals surface area contributed by atoms with Crippen LogP contribution in [-0.4, -0.2) is 23.9 Å². The molecule has 2 aromatic rings. The van der Waals surface area contributed by atoms with Crippen LogP contribution in [-0.2, 0) is 0 Å². The van der Waals surface area contributed by atoms with E-state index >= 15 is 0 Å². The van der Waals surface area contributed by atoms with Crippen LogP contribution in [0.2, 0.25) is 0 Å². The molecule has 2 rings (SSSR count). The normalized spacial score (nSPS) is 9.17. The molecular weight excluding hydrogens is 228 g/mol. The van der Waals surface area contributed by atoms with Gasteiger partial charge < -0.3 is 9.47 Å². The summed E-state index contributed by atoms with van der Waals surface area (Å²) in [5.41, 5.74) is 0.590. The molecule has 0 unspecified atom stereocenters. The Bertz CT molecular complexity index is 542. The highest BCUT2D eigenvalue weighted by atomic mass is 16.5. The lowest BCUT2D eigenvalue weighted by atomic mass is 10.3. The summed E-state index contributed by atoms with van der Waals surface area (Å²) in [5.74, 6) is 7.01. The van der Waals surface area contributed by atoms with Crippen LogP contribution in [0.1, 0.15) is 5.69 Å². The maximum atomic E-state index is 5.43. The molecule has 1 aromatic carbocycles. The van der Waals surface area contributed by atoms with E-state index < -0.39 is 0 Å². The summed E-state index contributed by atoms with van der Waals surface area (Å²) in [5, 5.41) is 7.71. The van der Waals surface area contributed by atoms with Gasteiger partial charge in [0.25, 0.3) is 0 Å². The molecule has 0 aliphatic carbocycles. The average Bonchev–Trinajstić information content (AvgIpc) is 2.45. The van der Waals surface area contributed by atoms with Gasteiger partial charge in [0.2, 0.25) is 5.88 Å². The van der Waals surface area contributed by atoms with Crippen molar-refractivity contribution >= 4 is 0 Å². The molecule has 0 spiro atoms. The monoisotopic (exact) mass is 240 g/mol. The predicted octanol–water partition coefficient (Wildman–Crippen LogP) is 1.92. The van der Waals surface area contributed by atoms with Crippen molar-refractivity contribution in [1.82, 2.24) is 10.2 Å². The van der Waals surface area contributed by atoms with E-state index in [4.69, 9.17) is 9.47 Å². The highest BCUT2D eigenvalue weighted by Gasteiger charge is 1.93. The van der Waals surface area contributed by atoms with Gasteiger partial charge in [0.1, 0.15) is 18.1 Å². The lowest BCUT2D eigenvalue weighted by Gasteiger charge is -1.99. The van der Waals surface area contributed by atoms with Crippen LogP contribution >= 0.6 is 0 Å². The molecule has 4 heteroatoms. The maximum Gasteiger partial charge on any atom is 0.233 e. The summed E-state index contributed by atoms with van der Waals surface area (Å²) in [4.78, 5) is 0. The van der Waals surface area contributed by atoms with E-state index in [0.717, 1.165) is 5.75 Å². The summed E-state index contributed by atoms with van der Waals surface area (Å²) >= 11 is 0. The Labute approximate surface area is 106 Å². The minimum Gasteiger partial charge on any atom is -0.481 e. The van der Waals surface area contributed by atoms with E-state index in [1.54, 1.807) is 19.2 Å². The number of para-hydroxylation sites is 1. The first-order valence-corrected chi connectivity index (χ1v) is 5.43. The molecule has 1 aromatic heterocycles. The number of hydrogen-bond acceptors (Lipinski definition) is 4. The van der Waals surface area contributed by atoms with E-state index in [-0.39, 0.29) is 0 Å². The van der Waals surface area contributed by atoms with Gasteiger partial charge in [-0.15, -0.1) is 10.2 Å². The Morgan fingerprint density at radius 2 is 1.89 bits per heavy atom. The Hall–Kier alpha value is -2.54. The van der Waals surface area contributed by atoms with Crippen LogP contribution in [0, 0.1) is 11.8 Å². The fourth-order valence-electron chi connectivity index (χ4n) is 1.26. The van der Waals surface area contributed by atoms with Crippen molar-refractivity contribution in [2.24, 2.45) is 0 Å². The molecule has 0 N–H and O–H groups in total. The van der Waals surface area contributed by atoms with Gasteiger partial charge in [0.05, 0.1) is 7.11 Å². The third-order valence-corrected chi connectivity index (χ3v) is 2.12. The lowest BCUT2D eigenvalue weighted by Crippen LogP contribution is -1.95. The number of benzene rings is 1. The van der Waals surface area contributed by atoms with Crippen LogP contribution in [0.4, 0.5) is 0 Å². The third kappa shape index (κ3) is 3.49. The number of aromatic nitrogens is 2. The van der Waals surface area contributed by atoms with Crippen LogP contribution in [0.3, 0.4) is 0 Å². The molecule has 18 heavy (non-hydrogen) atoms. The van der Waals surface area contributed by atoms with Crippen LogP contribution in [0.25, 0.3) is 0 Å². The van der Waals surface area contributed by atoms with E-state index in [2.05, 4.69) is 22.0 Å². The molecular formula is C14H12N2O2. The molecule has 90 valence electrons. The second kappa shape index (κ2) is 6.26. The van der Waals surface area contributed by atoms with Crippen LogP contribution in [0.5, 0.6) is 11.6 Å². The first-order valence-electron chi connectivity index (χ1n) is 5.43. The maximum absolute atomic E-state index is 5.43. The van der Waals surface area contributed by atoms with Gasteiger partial charge in [-0.3, -0.25) is 0 Å². The average molecular weight is 240 g/mol. The smallest absolute Gasteiger partial charge is 0.233 e. The topological polar surface area (TPSA) is 44.2 Å². The molecule has 0 amide bonds. The van der Waals surface area contributed by atoms with Crippen molar-refractivity contribution in [3.63, 3.8) is 0 Å². The zero-order chi connectivity index (χ0) is 12.6. The van der Waals surface area contributed by atoms with Crippen molar-refractivity contribution in [2.45, 2.75) is 0 Å². The van der Waals surface area contributed by atoms with Gasteiger partial charge in [-0.2, -0.15) is 0 Å². The standard InChI is InChI=1S/C14H12N2O2/c1-17-14-10-9-12(15-16-14)6-5-11-18-13-7-3-2-4-8-13/h2-4,7-10H,11H2,1H3. The van der Waals surface area contributed by atoms with Crippen LogP contribution in [0.15, 0.2) is 42.5 Å². The second-order valence-corrected chi connectivity index (χ2v) is 3.36. The second-order valence-electron chi connectivity index (χ2n) is 3.36. The minimum atomic E-state index is 0.317. The zero-order valence-corrected chi connectivity index (χ0v) is 9.96. The number of methoxy groups -OCH3 is 1. The summed E-state index contributed by atoms with van der Waals surface area (Å²) < 4.78 is 10.3. The molecule has 0 bridgehead atoms. The third-order valence-electron chi connectivity index (χ3n) is 2.12. The van der Waals surface area contributed by atoms with Crippen LogP contribution < -0.4 is 9.47 Å². The molecule has 0 atom stereocenters. The van der Waals surface area contributed by atoms with Crippen molar-refractivity contribution < 1.29 is 9.47 Å². The number of nitrogens with zero attached hydrogens (tertiary/aromatic N) is 2. The predicted molar refractivity (Wildman–Crippen MR) is 67.4 cm³/mol. The van der Waals surface area contributed by atoms with Crippen molar-refractivity contribution in [3.8, 4) is 23.5 Å². The molecule has 0 saturated carbocycles. The molecule has 0 fully saturated rings. The van der Waals surface area contributed by atoms with E-state index in [1.165, 1.54) is 0 Å². The molecule has 4 nitrogen and oxygen atoms in total. The number of ether oxygens (including phenoxy) is 2. The minimum absolute atomic E-state index is 0.317. The largest absolute Gasteiger partial charge is 0.481 e.